The molecule has 0 amide bonds. The van der Waals surface area contributed by atoms with Crippen LogP contribution in [0, 0.1) is 0 Å². The second kappa shape index (κ2) is 8.41. The van der Waals surface area contributed by atoms with E-state index in [1.807, 2.05) is 12.1 Å². The number of halogens is 3. The first-order valence-electron chi connectivity index (χ1n) is 8.71. The van der Waals surface area contributed by atoms with Gasteiger partial charge >= 0.3 is 6.18 Å². The molecule has 0 fully saturated rings. The lowest BCUT2D eigenvalue weighted by Crippen LogP contribution is -2.24. The van der Waals surface area contributed by atoms with Crippen LogP contribution in [-0.2, 0) is 34.0 Å². The van der Waals surface area contributed by atoms with Gasteiger partial charge in [-0.1, -0.05) is 30.3 Å². The van der Waals surface area contributed by atoms with Crippen LogP contribution in [0.5, 0.6) is 5.75 Å². The van der Waals surface area contributed by atoms with Gasteiger partial charge in [0.15, 0.2) is 5.78 Å². The first-order chi connectivity index (χ1) is 14.0. The Morgan fingerprint density at radius 2 is 1.80 bits per heavy atom. The molecule has 3 aromatic rings. The third-order valence-corrected chi connectivity index (χ3v) is 4.87. The fraction of sp³-hybridized carbons (Fsp3) is 0.200. The van der Waals surface area contributed by atoms with Gasteiger partial charge in [0.2, 0.25) is 10.0 Å². The zero-order valence-corrected chi connectivity index (χ0v) is 16.3. The molecule has 0 aliphatic heterocycles. The number of pyridine rings is 1. The predicted octanol–water partition coefficient (Wildman–Crippen LogP) is 3.23. The predicted molar refractivity (Wildman–Crippen MR) is 104 cm³/mol. The van der Waals surface area contributed by atoms with Gasteiger partial charge in [-0.15, -0.1) is 0 Å². The minimum atomic E-state index is -4.73. The molecule has 158 valence electrons. The highest BCUT2D eigenvalue weighted by Gasteiger charge is 2.35. The Bertz CT molecular complexity index is 1190. The maximum absolute atomic E-state index is 13.5. The molecule has 2 N–H and O–H groups in total. The molecule has 0 unspecified atom stereocenters. The SMILES string of the molecule is NS(=O)(=O)CC(=O)Cc1ccc(OCc2ccc3ccccc3n2)c(C(F)(F)F)c1. The number of para-hydroxylation sites is 1. The third kappa shape index (κ3) is 5.77. The Kier molecular flexibility index (Phi) is 6.09. The van der Waals surface area contributed by atoms with Crippen LogP contribution in [-0.4, -0.2) is 24.9 Å². The zero-order chi connectivity index (χ0) is 21.9. The van der Waals surface area contributed by atoms with Gasteiger partial charge in [-0.25, -0.2) is 18.5 Å². The lowest BCUT2D eigenvalue weighted by molar-refractivity contribution is -0.139. The first kappa shape index (κ1) is 21.7. The summed E-state index contributed by atoms with van der Waals surface area (Å²) < 4.78 is 67.7. The van der Waals surface area contributed by atoms with Gasteiger partial charge in [0.1, 0.15) is 18.1 Å². The second-order valence-corrected chi connectivity index (χ2v) is 8.25. The summed E-state index contributed by atoms with van der Waals surface area (Å²) in [5, 5.41) is 5.68. The number of hydrogen-bond acceptors (Lipinski definition) is 5. The van der Waals surface area contributed by atoms with E-state index in [0.29, 0.717) is 11.2 Å². The fourth-order valence-electron chi connectivity index (χ4n) is 2.88. The molecule has 0 atom stereocenters. The molecule has 0 spiro atoms. The standard InChI is InChI=1S/C20H17F3N2O4S/c21-20(22,23)17-10-13(9-16(26)12-30(24,27)28)5-8-19(17)29-11-15-7-6-14-3-1-2-4-18(14)25-15/h1-8,10H,9,11-12H2,(H2,24,27,28). The highest BCUT2D eigenvalue weighted by molar-refractivity contribution is 7.89. The third-order valence-electron chi connectivity index (χ3n) is 4.14. The molecule has 1 aromatic heterocycles. The lowest BCUT2D eigenvalue weighted by atomic mass is 10.0. The van der Waals surface area contributed by atoms with E-state index >= 15 is 0 Å². The van der Waals surface area contributed by atoms with E-state index in [0.717, 1.165) is 17.5 Å². The van der Waals surface area contributed by atoms with Crippen molar-refractivity contribution in [1.82, 2.24) is 4.98 Å². The minimum Gasteiger partial charge on any atom is -0.487 e. The molecule has 1 heterocycles. The molecule has 0 radical (unpaired) electrons. The Labute approximate surface area is 170 Å². The van der Waals surface area contributed by atoms with Gasteiger partial charge in [0.25, 0.3) is 0 Å². The lowest BCUT2D eigenvalue weighted by Gasteiger charge is -2.15. The first-order valence-corrected chi connectivity index (χ1v) is 10.4. The number of carbonyl (C=O) groups is 1. The smallest absolute Gasteiger partial charge is 0.419 e. The molecule has 6 nitrogen and oxygen atoms in total. The molecule has 30 heavy (non-hydrogen) atoms. The summed E-state index contributed by atoms with van der Waals surface area (Å²) in [7, 11) is -4.05. The van der Waals surface area contributed by atoms with Crippen molar-refractivity contribution in [3.63, 3.8) is 0 Å². The van der Waals surface area contributed by atoms with Crippen molar-refractivity contribution in [1.29, 1.82) is 0 Å². The Morgan fingerprint density at radius 1 is 1.07 bits per heavy atom. The van der Waals surface area contributed by atoms with E-state index in [-0.39, 0.29) is 12.2 Å². The summed E-state index contributed by atoms with van der Waals surface area (Å²) in [6.45, 7) is -0.183. The molecule has 3 rings (SSSR count). The van der Waals surface area contributed by atoms with Crippen molar-refractivity contribution in [2.24, 2.45) is 5.14 Å². The van der Waals surface area contributed by atoms with Gasteiger partial charge in [-0.3, -0.25) is 4.79 Å². The highest BCUT2D eigenvalue weighted by Crippen LogP contribution is 2.37. The molecule has 0 aliphatic rings. The number of nitrogens with two attached hydrogens (primary N) is 1. The van der Waals surface area contributed by atoms with E-state index in [4.69, 9.17) is 9.88 Å². The van der Waals surface area contributed by atoms with E-state index in [1.165, 1.54) is 6.07 Å². The molecular formula is C20H17F3N2O4S. The minimum absolute atomic E-state index is 0.00663. The largest absolute Gasteiger partial charge is 0.487 e. The summed E-state index contributed by atoms with van der Waals surface area (Å²) >= 11 is 0. The summed E-state index contributed by atoms with van der Waals surface area (Å²) in [6, 6.07) is 13.9. The summed E-state index contributed by atoms with van der Waals surface area (Å²) in [5.41, 5.74) is 0.0870. The number of hydrogen-bond donors (Lipinski definition) is 1. The Balaban J connectivity index is 1.80. The number of Topliss-reactive ketones (excluding diaryl/α,β-unsaturated/α-hetero) is 1. The molecule has 0 aliphatic carbocycles. The molecular weight excluding hydrogens is 421 g/mol. The van der Waals surface area contributed by atoms with Crippen molar-refractivity contribution < 1.29 is 31.1 Å². The van der Waals surface area contributed by atoms with Crippen molar-refractivity contribution in [3.05, 3.63) is 71.4 Å². The Hall–Kier alpha value is -2.98. The van der Waals surface area contributed by atoms with Crippen LogP contribution in [0.15, 0.2) is 54.6 Å². The highest BCUT2D eigenvalue weighted by atomic mass is 32.2. The van der Waals surface area contributed by atoms with Crippen LogP contribution < -0.4 is 9.88 Å². The number of carbonyl (C=O) groups excluding carboxylic acids is 1. The van der Waals surface area contributed by atoms with Gasteiger partial charge in [-0.05, 0) is 29.8 Å². The average Bonchev–Trinajstić information content (AvgIpc) is 2.64. The van der Waals surface area contributed by atoms with Gasteiger partial charge in [-0.2, -0.15) is 13.2 Å². The number of ketones is 1. The number of primary sulfonamides is 1. The zero-order valence-electron chi connectivity index (χ0n) is 15.5. The van der Waals surface area contributed by atoms with Crippen LogP contribution in [0.25, 0.3) is 10.9 Å². The Morgan fingerprint density at radius 3 is 2.50 bits per heavy atom. The van der Waals surface area contributed by atoms with Crippen molar-refractivity contribution >= 4 is 26.7 Å². The summed E-state index contributed by atoms with van der Waals surface area (Å²) in [4.78, 5) is 16.1. The number of benzene rings is 2. The number of fused-ring (bicyclic) bond motifs is 1. The quantitative estimate of drug-likeness (QED) is 0.611. The molecule has 10 heteroatoms. The molecule has 2 aromatic carbocycles. The van der Waals surface area contributed by atoms with Crippen molar-refractivity contribution in [2.75, 3.05) is 5.75 Å². The van der Waals surface area contributed by atoms with Gasteiger partial charge in [0, 0.05) is 11.8 Å². The average molecular weight is 438 g/mol. The number of sulfonamides is 1. The van der Waals surface area contributed by atoms with Crippen molar-refractivity contribution in [2.45, 2.75) is 19.2 Å². The number of ether oxygens (including phenoxy) is 1. The van der Waals surface area contributed by atoms with Crippen LogP contribution >= 0.6 is 0 Å². The second-order valence-electron chi connectivity index (χ2n) is 6.63. The van der Waals surface area contributed by atoms with Gasteiger partial charge in [0.05, 0.1) is 16.8 Å². The fourth-order valence-corrected chi connectivity index (χ4v) is 3.43. The van der Waals surface area contributed by atoms with E-state index in [9.17, 15) is 26.4 Å². The van der Waals surface area contributed by atoms with Crippen LogP contribution in [0.4, 0.5) is 13.2 Å². The van der Waals surface area contributed by atoms with E-state index in [2.05, 4.69) is 4.98 Å². The number of aromatic nitrogens is 1. The summed E-state index contributed by atoms with van der Waals surface area (Å²) in [5.74, 6) is -2.17. The van der Waals surface area contributed by atoms with Crippen LogP contribution in [0.3, 0.4) is 0 Å². The molecule has 0 bridgehead atoms. The van der Waals surface area contributed by atoms with Gasteiger partial charge < -0.3 is 4.74 Å². The topological polar surface area (TPSA) is 99.4 Å². The molecule has 0 saturated carbocycles. The van der Waals surface area contributed by atoms with E-state index in [1.54, 1.807) is 24.3 Å². The summed E-state index contributed by atoms with van der Waals surface area (Å²) in [6.07, 6.45) is -5.23. The van der Waals surface area contributed by atoms with Crippen LogP contribution in [0.1, 0.15) is 16.8 Å². The number of alkyl halides is 3. The number of nitrogens with zero attached hydrogens (tertiary/aromatic N) is 1. The van der Waals surface area contributed by atoms with Crippen LogP contribution in [0.2, 0.25) is 0 Å². The monoisotopic (exact) mass is 438 g/mol. The van der Waals surface area contributed by atoms with Crippen molar-refractivity contribution in [3.8, 4) is 5.75 Å². The molecule has 0 saturated heterocycles. The maximum Gasteiger partial charge on any atom is 0.419 e. The normalized spacial score (nSPS) is 12.1. The maximum atomic E-state index is 13.5. The van der Waals surface area contributed by atoms with E-state index < -0.39 is 45.5 Å². The number of rotatable bonds is 7.